The molecule has 0 saturated heterocycles. The lowest BCUT2D eigenvalue weighted by Crippen LogP contribution is -2.43. The van der Waals surface area contributed by atoms with Crippen LogP contribution in [0.2, 0.25) is 0 Å². The van der Waals surface area contributed by atoms with Gasteiger partial charge in [-0.3, -0.25) is 0 Å². The van der Waals surface area contributed by atoms with Crippen LogP contribution in [0.4, 0.5) is 0 Å². The van der Waals surface area contributed by atoms with Crippen LogP contribution < -0.4 is 5.32 Å². The van der Waals surface area contributed by atoms with Crippen LogP contribution in [-0.4, -0.2) is 53.6 Å². The maximum absolute atomic E-state index is 9.93. The first-order chi connectivity index (χ1) is 9.03. The summed E-state index contributed by atoms with van der Waals surface area (Å²) in [4.78, 5) is 1.16. The summed E-state index contributed by atoms with van der Waals surface area (Å²) in [5.41, 5.74) is -0.739. The van der Waals surface area contributed by atoms with Gasteiger partial charge in [0.25, 0.3) is 0 Å². The lowest BCUT2D eigenvalue weighted by molar-refractivity contribution is 0.0248. The molecule has 0 saturated carbocycles. The van der Waals surface area contributed by atoms with E-state index in [0.29, 0.717) is 32.1 Å². The van der Waals surface area contributed by atoms with Gasteiger partial charge in [0.1, 0.15) is 0 Å². The van der Waals surface area contributed by atoms with Crippen LogP contribution >= 0.6 is 23.1 Å². The van der Waals surface area contributed by atoms with Crippen molar-refractivity contribution in [3.05, 3.63) is 22.4 Å². The van der Waals surface area contributed by atoms with Crippen molar-refractivity contribution >= 4 is 23.1 Å². The quantitative estimate of drug-likeness (QED) is 0.609. The number of nitrogens with one attached hydrogen (secondary N) is 1. The molecule has 4 nitrogen and oxygen atoms in total. The zero-order chi connectivity index (χ0) is 14.1. The van der Waals surface area contributed by atoms with Crippen molar-refractivity contribution < 1.29 is 14.9 Å². The molecule has 3 N–H and O–H groups in total. The van der Waals surface area contributed by atoms with Gasteiger partial charge in [-0.15, -0.1) is 11.3 Å². The molecule has 0 aliphatic heterocycles. The van der Waals surface area contributed by atoms with Gasteiger partial charge in [-0.1, -0.05) is 6.07 Å². The Morgan fingerprint density at radius 2 is 2.37 bits per heavy atom. The van der Waals surface area contributed by atoms with E-state index in [9.17, 15) is 10.2 Å². The van der Waals surface area contributed by atoms with E-state index in [0.717, 1.165) is 4.88 Å². The third-order valence-electron chi connectivity index (χ3n) is 2.48. The Morgan fingerprint density at radius 1 is 1.58 bits per heavy atom. The van der Waals surface area contributed by atoms with Crippen molar-refractivity contribution in [2.24, 2.45) is 0 Å². The van der Waals surface area contributed by atoms with E-state index in [2.05, 4.69) is 5.32 Å². The van der Waals surface area contributed by atoms with Crippen LogP contribution in [0.1, 0.15) is 11.8 Å². The number of aliphatic hydroxyl groups is 2. The fourth-order valence-electron chi connectivity index (χ4n) is 1.62. The summed E-state index contributed by atoms with van der Waals surface area (Å²) >= 11 is 3.25. The fourth-order valence-corrected chi connectivity index (χ4v) is 2.98. The van der Waals surface area contributed by atoms with Crippen molar-refractivity contribution in [2.45, 2.75) is 25.2 Å². The summed E-state index contributed by atoms with van der Waals surface area (Å²) < 4.78 is 5.42. The Morgan fingerprint density at radius 3 is 3.00 bits per heavy atom. The van der Waals surface area contributed by atoms with Crippen molar-refractivity contribution in [1.29, 1.82) is 0 Å². The zero-order valence-corrected chi connectivity index (χ0v) is 13.1. The summed E-state index contributed by atoms with van der Waals surface area (Å²) in [6.45, 7) is 3.52. The molecule has 0 spiro atoms. The van der Waals surface area contributed by atoms with Crippen LogP contribution in [0.15, 0.2) is 17.5 Å². The topological polar surface area (TPSA) is 61.7 Å². The molecule has 2 unspecified atom stereocenters. The summed E-state index contributed by atoms with van der Waals surface area (Å²) in [7, 11) is 0. The highest BCUT2D eigenvalue weighted by Crippen LogP contribution is 2.10. The maximum Gasteiger partial charge on any atom is 0.0897 e. The van der Waals surface area contributed by atoms with Gasteiger partial charge < -0.3 is 20.3 Å². The summed E-state index contributed by atoms with van der Waals surface area (Å²) in [6.07, 6.45) is 1.41. The highest BCUT2D eigenvalue weighted by atomic mass is 32.2. The standard InChI is InChI=1S/C13H23NO3S2/c1-13(16,10-18-2)9-14-6-11(15)7-17-8-12-4-3-5-19-12/h3-5,11,14-16H,6-10H2,1-2H3. The van der Waals surface area contributed by atoms with Gasteiger partial charge in [0.2, 0.25) is 0 Å². The highest BCUT2D eigenvalue weighted by molar-refractivity contribution is 7.98. The van der Waals surface area contributed by atoms with Gasteiger partial charge in [0.05, 0.1) is 24.9 Å². The molecule has 2 atom stereocenters. The molecule has 6 heteroatoms. The van der Waals surface area contributed by atoms with Crippen LogP contribution in [0.3, 0.4) is 0 Å². The van der Waals surface area contributed by atoms with Gasteiger partial charge >= 0.3 is 0 Å². The summed E-state index contributed by atoms with van der Waals surface area (Å²) in [5.74, 6) is 0.672. The molecule has 0 amide bonds. The maximum atomic E-state index is 9.93. The summed E-state index contributed by atoms with van der Waals surface area (Å²) in [5, 5.41) is 24.7. The Kier molecular flexibility index (Phi) is 7.97. The number of hydrogen-bond donors (Lipinski definition) is 3. The normalized spacial score (nSPS) is 16.2. The van der Waals surface area contributed by atoms with Gasteiger partial charge in [-0.25, -0.2) is 0 Å². The highest BCUT2D eigenvalue weighted by Gasteiger charge is 2.19. The van der Waals surface area contributed by atoms with E-state index in [4.69, 9.17) is 4.74 Å². The first-order valence-corrected chi connectivity index (χ1v) is 8.51. The largest absolute Gasteiger partial charge is 0.389 e. The second-order valence-electron chi connectivity index (χ2n) is 4.81. The van der Waals surface area contributed by atoms with E-state index >= 15 is 0 Å². The molecule has 0 aromatic carbocycles. The molecular weight excluding hydrogens is 282 g/mol. The molecule has 1 aromatic heterocycles. The van der Waals surface area contributed by atoms with Gasteiger partial charge in [-0.05, 0) is 24.6 Å². The lowest BCUT2D eigenvalue weighted by atomic mass is 10.1. The first-order valence-electron chi connectivity index (χ1n) is 6.24. The first kappa shape index (κ1) is 16.9. The number of rotatable bonds is 10. The third-order valence-corrected chi connectivity index (χ3v) is 4.24. The lowest BCUT2D eigenvalue weighted by Gasteiger charge is -2.23. The minimum atomic E-state index is -0.739. The number of thiophene rings is 1. The predicted octanol–water partition coefficient (Wildman–Crippen LogP) is 1.33. The smallest absolute Gasteiger partial charge is 0.0897 e. The Balaban J connectivity index is 2.06. The monoisotopic (exact) mass is 305 g/mol. The molecule has 0 radical (unpaired) electrons. The van der Waals surface area contributed by atoms with Crippen molar-refractivity contribution in [1.82, 2.24) is 5.32 Å². The van der Waals surface area contributed by atoms with Crippen molar-refractivity contribution in [3.8, 4) is 0 Å². The SMILES string of the molecule is CSCC(C)(O)CNCC(O)COCc1cccs1. The van der Waals surface area contributed by atoms with E-state index in [1.165, 1.54) is 0 Å². The van der Waals surface area contributed by atoms with Crippen LogP contribution in [-0.2, 0) is 11.3 Å². The minimum absolute atomic E-state index is 0.301. The van der Waals surface area contributed by atoms with Crippen LogP contribution in [0.5, 0.6) is 0 Å². The average Bonchev–Trinajstić information content (AvgIpc) is 2.81. The number of ether oxygens (including phenoxy) is 1. The Bertz CT molecular complexity index is 331. The summed E-state index contributed by atoms with van der Waals surface area (Å²) in [6, 6.07) is 3.99. The molecule has 0 bridgehead atoms. The molecule has 110 valence electrons. The second-order valence-corrected chi connectivity index (χ2v) is 6.71. The fraction of sp³-hybridized carbons (Fsp3) is 0.692. The molecule has 1 rings (SSSR count). The Labute approximate surface area is 123 Å². The van der Waals surface area contributed by atoms with E-state index in [-0.39, 0.29) is 0 Å². The van der Waals surface area contributed by atoms with E-state index in [1.54, 1.807) is 30.0 Å². The zero-order valence-electron chi connectivity index (χ0n) is 11.5. The van der Waals surface area contributed by atoms with Crippen molar-refractivity contribution in [2.75, 3.05) is 31.7 Å². The second kappa shape index (κ2) is 8.94. The molecule has 0 aliphatic rings. The van der Waals surface area contributed by atoms with Crippen LogP contribution in [0, 0.1) is 0 Å². The minimum Gasteiger partial charge on any atom is -0.389 e. The van der Waals surface area contributed by atoms with Crippen LogP contribution in [0.25, 0.3) is 0 Å². The van der Waals surface area contributed by atoms with Crippen molar-refractivity contribution in [3.63, 3.8) is 0 Å². The molecular formula is C13H23NO3S2. The molecule has 0 aliphatic carbocycles. The molecule has 1 aromatic rings. The number of thioether (sulfide) groups is 1. The average molecular weight is 305 g/mol. The number of hydrogen-bond acceptors (Lipinski definition) is 6. The van der Waals surface area contributed by atoms with Gasteiger partial charge in [0, 0.05) is 23.7 Å². The van der Waals surface area contributed by atoms with E-state index < -0.39 is 11.7 Å². The molecule has 0 fully saturated rings. The van der Waals surface area contributed by atoms with Gasteiger partial charge in [-0.2, -0.15) is 11.8 Å². The predicted molar refractivity (Wildman–Crippen MR) is 81.9 cm³/mol. The van der Waals surface area contributed by atoms with E-state index in [1.807, 2.05) is 23.8 Å². The Hall–Kier alpha value is -0.110. The molecule has 1 heterocycles. The third kappa shape index (κ3) is 7.91. The van der Waals surface area contributed by atoms with Gasteiger partial charge in [0.15, 0.2) is 0 Å². The molecule has 19 heavy (non-hydrogen) atoms. The number of aliphatic hydroxyl groups excluding tert-OH is 1.